The summed E-state index contributed by atoms with van der Waals surface area (Å²) in [4.78, 5) is 11.7. The van der Waals surface area contributed by atoms with Crippen LogP contribution in [0.5, 0.6) is 0 Å². The Morgan fingerprint density at radius 1 is 1.29 bits per heavy atom. The summed E-state index contributed by atoms with van der Waals surface area (Å²) in [6, 6.07) is 0.393. The van der Waals surface area contributed by atoms with Crippen molar-refractivity contribution in [2.75, 3.05) is 13.2 Å². The molecule has 2 saturated carbocycles. The van der Waals surface area contributed by atoms with Crippen molar-refractivity contribution < 1.29 is 19.4 Å². The average Bonchev–Trinajstić information content (AvgIpc) is 3.18. The molecule has 0 spiro atoms. The van der Waals surface area contributed by atoms with Crippen LogP contribution in [0.25, 0.3) is 0 Å². The van der Waals surface area contributed by atoms with Crippen LogP contribution >= 0.6 is 0 Å². The molecule has 2 aliphatic rings. The highest BCUT2D eigenvalue weighted by Gasteiger charge is 2.46. The minimum absolute atomic E-state index is 0.0182. The van der Waals surface area contributed by atoms with E-state index in [2.05, 4.69) is 5.32 Å². The second kappa shape index (κ2) is 6.63. The van der Waals surface area contributed by atoms with Crippen LogP contribution in [0.4, 0.5) is 0 Å². The molecular weight excluding hydrogens is 270 g/mol. The Balaban J connectivity index is 1.80. The van der Waals surface area contributed by atoms with Gasteiger partial charge in [-0.15, -0.1) is 0 Å². The van der Waals surface area contributed by atoms with Gasteiger partial charge in [0.2, 0.25) is 0 Å². The number of hydrogen-bond acceptors (Lipinski definition) is 4. The minimum Gasteiger partial charge on any atom is -0.480 e. The van der Waals surface area contributed by atoms with Gasteiger partial charge in [-0.05, 0) is 52.9 Å². The van der Waals surface area contributed by atoms with Crippen LogP contribution in [-0.4, -0.2) is 47.6 Å². The van der Waals surface area contributed by atoms with E-state index in [0.717, 1.165) is 25.7 Å². The molecule has 5 heteroatoms. The summed E-state index contributed by atoms with van der Waals surface area (Å²) < 4.78 is 11.5. The normalized spacial score (nSPS) is 30.3. The largest absolute Gasteiger partial charge is 0.480 e. The van der Waals surface area contributed by atoms with Gasteiger partial charge in [0.1, 0.15) is 5.54 Å². The maximum atomic E-state index is 11.7. The summed E-state index contributed by atoms with van der Waals surface area (Å²) >= 11 is 0. The number of carboxylic acids is 1. The van der Waals surface area contributed by atoms with Gasteiger partial charge in [0.25, 0.3) is 0 Å². The van der Waals surface area contributed by atoms with Gasteiger partial charge in [-0.25, -0.2) is 0 Å². The molecule has 2 unspecified atom stereocenters. The zero-order valence-corrected chi connectivity index (χ0v) is 13.5. The van der Waals surface area contributed by atoms with E-state index >= 15 is 0 Å². The third kappa shape index (κ3) is 5.24. The lowest BCUT2D eigenvalue weighted by atomic mass is 9.80. The highest BCUT2D eigenvalue weighted by atomic mass is 16.5. The fourth-order valence-corrected chi connectivity index (χ4v) is 2.93. The number of carbonyl (C=O) groups is 1. The van der Waals surface area contributed by atoms with E-state index in [9.17, 15) is 9.90 Å². The zero-order chi connectivity index (χ0) is 15.5. The monoisotopic (exact) mass is 299 g/mol. The summed E-state index contributed by atoms with van der Waals surface area (Å²) in [5.74, 6) is -0.728. The number of carboxylic acid groups (broad SMARTS) is 1. The molecule has 122 valence electrons. The third-order valence-corrected chi connectivity index (χ3v) is 4.14. The smallest absolute Gasteiger partial charge is 0.324 e. The van der Waals surface area contributed by atoms with Crippen LogP contribution in [0.1, 0.15) is 59.3 Å². The molecule has 2 fully saturated rings. The lowest BCUT2D eigenvalue weighted by molar-refractivity contribution is -0.149. The van der Waals surface area contributed by atoms with E-state index in [1.54, 1.807) is 0 Å². The molecule has 0 aliphatic heterocycles. The van der Waals surface area contributed by atoms with E-state index in [1.807, 2.05) is 20.8 Å². The molecule has 0 saturated heterocycles. The van der Waals surface area contributed by atoms with Crippen molar-refractivity contribution in [1.29, 1.82) is 0 Å². The zero-order valence-electron chi connectivity index (χ0n) is 13.5. The standard InChI is InChI=1S/C16H29NO4/c1-15(2,3)21-10-9-20-13-5-4-8-16(11-13,14(18)19)17-12-6-7-12/h12-13,17H,4-11H2,1-3H3,(H,18,19). The summed E-state index contributed by atoms with van der Waals surface area (Å²) in [6.45, 7) is 7.13. The molecule has 2 atom stereocenters. The molecule has 0 aromatic carbocycles. The van der Waals surface area contributed by atoms with Crippen molar-refractivity contribution >= 4 is 5.97 Å². The molecule has 0 amide bonds. The summed E-state index contributed by atoms with van der Waals surface area (Å²) in [5.41, 5.74) is -0.941. The lowest BCUT2D eigenvalue weighted by Crippen LogP contribution is -2.57. The number of nitrogens with one attached hydrogen (secondary N) is 1. The number of hydrogen-bond donors (Lipinski definition) is 2. The van der Waals surface area contributed by atoms with Crippen LogP contribution in [0.2, 0.25) is 0 Å². The Kier molecular flexibility index (Phi) is 5.28. The molecule has 21 heavy (non-hydrogen) atoms. The first-order valence-electron chi connectivity index (χ1n) is 8.07. The van der Waals surface area contributed by atoms with Gasteiger partial charge in [0, 0.05) is 12.5 Å². The van der Waals surface area contributed by atoms with E-state index in [0.29, 0.717) is 32.1 Å². The predicted molar refractivity (Wildman–Crippen MR) is 80.4 cm³/mol. The Morgan fingerprint density at radius 2 is 2.00 bits per heavy atom. The highest BCUT2D eigenvalue weighted by Crippen LogP contribution is 2.34. The Labute approximate surface area is 127 Å². The molecule has 2 aliphatic carbocycles. The number of aliphatic carboxylic acids is 1. The Bertz CT molecular complexity index is 362. The van der Waals surface area contributed by atoms with Crippen molar-refractivity contribution in [3.05, 3.63) is 0 Å². The predicted octanol–water partition coefficient (Wildman–Crippen LogP) is 2.34. The van der Waals surface area contributed by atoms with Crippen LogP contribution in [-0.2, 0) is 14.3 Å². The summed E-state index contributed by atoms with van der Waals surface area (Å²) in [6.07, 6.45) is 5.32. The van der Waals surface area contributed by atoms with Gasteiger partial charge in [-0.2, -0.15) is 0 Å². The van der Waals surface area contributed by atoms with Gasteiger partial charge in [-0.1, -0.05) is 0 Å². The second-order valence-electron chi connectivity index (χ2n) is 7.36. The molecule has 0 radical (unpaired) electrons. The molecule has 0 aromatic rings. The molecule has 2 rings (SSSR count). The fourth-order valence-electron chi connectivity index (χ4n) is 2.93. The lowest BCUT2D eigenvalue weighted by Gasteiger charge is -2.38. The topological polar surface area (TPSA) is 67.8 Å². The highest BCUT2D eigenvalue weighted by molar-refractivity contribution is 5.79. The Morgan fingerprint density at radius 3 is 2.57 bits per heavy atom. The van der Waals surface area contributed by atoms with Gasteiger partial charge >= 0.3 is 5.97 Å². The number of rotatable bonds is 7. The van der Waals surface area contributed by atoms with Crippen LogP contribution in [0.15, 0.2) is 0 Å². The first kappa shape index (κ1) is 16.7. The van der Waals surface area contributed by atoms with Crippen molar-refractivity contribution in [1.82, 2.24) is 5.32 Å². The molecule has 5 nitrogen and oxygen atoms in total. The fraction of sp³-hybridized carbons (Fsp3) is 0.938. The van der Waals surface area contributed by atoms with E-state index in [1.165, 1.54) is 0 Å². The van der Waals surface area contributed by atoms with Crippen molar-refractivity contribution in [2.45, 2.75) is 82.6 Å². The second-order valence-corrected chi connectivity index (χ2v) is 7.36. The Hall–Kier alpha value is -0.650. The first-order chi connectivity index (χ1) is 9.81. The van der Waals surface area contributed by atoms with E-state index in [4.69, 9.17) is 9.47 Å². The van der Waals surface area contributed by atoms with Gasteiger partial charge < -0.3 is 14.6 Å². The quantitative estimate of drug-likeness (QED) is 0.706. The maximum Gasteiger partial charge on any atom is 0.324 e. The SMILES string of the molecule is CC(C)(C)OCCOC1CCCC(NC2CC2)(C(=O)O)C1. The molecular formula is C16H29NO4. The van der Waals surface area contributed by atoms with E-state index in [-0.39, 0.29) is 11.7 Å². The first-order valence-corrected chi connectivity index (χ1v) is 8.07. The molecule has 0 heterocycles. The van der Waals surface area contributed by atoms with Crippen LogP contribution in [0, 0.1) is 0 Å². The summed E-state index contributed by atoms with van der Waals surface area (Å²) in [7, 11) is 0. The van der Waals surface area contributed by atoms with Crippen molar-refractivity contribution in [3.63, 3.8) is 0 Å². The van der Waals surface area contributed by atoms with Gasteiger partial charge in [0.05, 0.1) is 24.9 Å². The van der Waals surface area contributed by atoms with Crippen molar-refractivity contribution in [3.8, 4) is 0 Å². The molecule has 0 aromatic heterocycles. The van der Waals surface area contributed by atoms with Gasteiger partial charge in [-0.3, -0.25) is 10.1 Å². The van der Waals surface area contributed by atoms with Crippen molar-refractivity contribution in [2.24, 2.45) is 0 Å². The average molecular weight is 299 g/mol. The van der Waals surface area contributed by atoms with Crippen LogP contribution < -0.4 is 5.32 Å². The number of ether oxygens (including phenoxy) is 2. The van der Waals surface area contributed by atoms with Gasteiger partial charge in [0.15, 0.2) is 0 Å². The molecule has 0 bridgehead atoms. The molecule has 2 N–H and O–H groups in total. The maximum absolute atomic E-state index is 11.7. The van der Waals surface area contributed by atoms with E-state index < -0.39 is 11.5 Å². The third-order valence-electron chi connectivity index (χ3n) is 4.14. The minimum atomic E-state index is -0.783. The summed E-state index contributed by atoms with van der Waals surface area (Å²) in [5, 5.41) is 13.0. The van der Waals surface area contributed by atoms with Crippen LogP contribution in [0.3, 0.4) is 0 Å².